The monoisotopic (exact) mass is 350 g/mol. The minimum absolute atomic E-state index is 0.161. The minimum atomic E-state index is -0.377. The third-order valence-corrected chi connectivity index (χ3v) is 3.92. The lowest BCUT2D eigenvalue weighted by Crippen LogP contribution is -2.39. The predicted molar refractivity (Wildman–Crippen MR) is 99.5 cm³/mol. The molecule has 132 valence electrons. The van der Waals surface area contributed by atoms with Crippen molar-refractivity contribution in [2.45, 2.75) is 13.5 Å². The summed E-state index contributed by atoms with van der Waals surface area (Å²) in [6.45, 7) is 6.04. The van der Waals surface area contributed by atoms with Crippen LogP contribution in [0.5, 0.6) is 0 Å². The van der Waals surface area contributed by atoms with Gasteiger partial charge < -0.3 is 10.1 Å². The first-order valence-electron chi connectivity index (χ1n) is 8.31. The summed E-state index contributed by atoms with van der Waals surface area (Å²) in [6.07, 6.45) is 3.53. The molecule has 3 rings (SSSR count). The Hall–Kier alpha value is -3.41. The number of rotatable bonds is 6. The average Bonchev–Trinajstić information content (AvgIpc) is 3.00. The van der Waals surface area contributed by atoms with Gasteiger partial charge in [-0.25, -0.2) is 13.9 Å². The molecule has 1 aromatic heterocycles. The fourth-order valence-corrected chi connectivity index (χ4v) is 2.73. The fourth-order valence-electron chi connectivity index (χ4n) is 2.73. The Balaban J connectivity index is 1.71. The number of amides is 1. The van der Waals surface area contributed by atoms with Gasteiger partial charge in [0, 0.05) is 5.69 Å². The lowest BCUT2D eigenvalue weighted by Gasteiger charge is -2.05. The molecule has 3 aromatic rings. The molecule has 26 heavy (non-hydrogen) atoms. The van der Waals surface area contributed by atoms with E-state index in [2.05, 4.69) is 11.9 Å². The number of imidazole rings is 1. The number of esters is 1. The van der Waals surface area contributed by atoms with Crippen LogP contribution in [0.25, 0.3) is 17.2 Å². The second-order valence-electron chi connectivity index (χ2n) is 5.67. The van der Waals surface area contributed by atoms with E-state index in [4.69, 9.17) is 4.74 Å². The van der Waals surface area contributed by atoms with Crippen molar-refractivity contribution in [1.82, 2.24) is 4.57 Å². The molecule has 0 unspecified atom stereocenters. The van der Waals surface area contributed by atoms with Crippen molar-refractivity contribution < 1.29 is 18.9 Å². The van der Waals surface area contributed by atoms with Gasteiger partial charge in [-0.1, -0.05) is 18.7 Å². The van der Waals surface area contributed by atoms with Crippen LogP contribution in [0.1, 0.15) is 17.3 Å². The Morgan fingerprint density at radius 2 is 1.92 bits per heavy atom. The molecule has 1 amide bonds. The zero-order valence-corrected chi connectivity index (χ0v) is 14.5. The van der Waals surface area contributed by atoms with Gasteiger partial charge in [-0.15, -0.1) is 0 Å². The Kier molecular flexibility index (Phi) is 5.12. The number of fused-ring (bicyclic) bond motifs is 1. The number of carbonyl (C=O) groups excluding carboxylic acids is 2. The highest BCUT2D eigenvalue weighted by molar-refractivity contribution is 5.92. The van der Waals surface area contributed by atoms with Gasteiger partial charge in [0.15, 0.2) is 17.6 Å². The molecular formula is C20H20N3O3+. The Labute approximate surface area is 151 Å². The molecule has 0 spiro atoms. The third kappa shape index (κ3) is 3.64. The summed E-state index contributed by atoms with van der Waals surface area (Å²) >= 11 is 0. The topological polar surface area (TPSA) is 64.2 Å². The van der Waals surface area contributed by atoms with Crippen LogP contribution in [-0.4, -0.2) is 23.1 Å². The second kappa shape index (κ2) is 7.65. The summed E-state index contributed by atoms with van der Waals surface area (Å²) < 4.78 is 8.67. The van der Waals surface area contributed by atoms with Crippen LogP contribution in [0.4, 0.5) is 5.69 Å². The third-order valence-electron chi connectivity index (χ3n) is 3.92. The van der Waals surface area contributed by atoms with Crippen molar-refractivity contribution in [3.8, 4) is 0 Å². The highest BCUT2D eigenvalue weighted by Crippen LogP contribution is 2.12. The Bertz CT molecular complexity index is 958. The van der Waals surface area contributed by atoms with E-state index in [9.17, 15) is 9.59 Å². The standard InChI is InChI=1S/C20H19N3O3/c1-3-22-14-23(18-8-6-5-7-17(18)22)13-19(24)21-16-11-9-15(10-12-16)20(25)26-4-2/h3,5-12,14H,1,4,13H2,2H3/p+1. The molecular weight excluding hydrogens is 330 g/mol. The molecule has 0 radical (unpaired) electrons. The number of hydrogen-bond acceptors (Lipinski definition) is 3. The zero-order valence-electron chi connectivity index (χ0n) is 14.5. The maximum Gasteiger partial charge on any atom is 0.338 e. The number of anilines is 1. The first-order chi connectivity index (χ1) is 12.6. The van der Waals surface area contributed by atoms with Gasteiger partial charge in [0.25, 0.3) is 5.91 Å². The zero-order chi connectivity index (χ0) is 18.5. The average molecular weight is 350 g/mol. The first-order valence-corrected chi connectivity index (χ1v) is 8.31. The van der Waals surface area contributed by atoms with Crippen LogP contribution < -0.4 is 9.88 Å². The maximum atomic E-state index is 12.4. The quantitative estimate of drug-likeness (QED) is 0.549. The lowest BCUT2D eigenvalue weighted by molar-refractivity contribution is -0.658. The smallest absolute Gasteiger partial charge is 0.338 e. The van der Waals surface area contributed by atoms with Gasteiger partial charge in [0.05, 0.1) is 18.4 Å². The molecule has 0 aliphatic heterocycles. The minimum Gasteiger partial charge on any atom is -0.462 e. The normalized spacial score (nSPS) is 10.5. The molecule has 0 aliphatic carbocycles. The number of aromatic nitrogens is 2. The van der Waals surface area contributed by atoms with Crippen LogP contribution >= 0.6 is 0 Å². The summed E-state index contributed by atoms with van der Waals surface area (Å²) in [6, 6.07) is 14.4. The van der Waals surface area contributed by atoms with Crippen molar-refractivity contribution in [3.63, 3.8) is 0 Å². The Morgan fingerprint density at radius 1 is 1.19 bits per heavy atom. The summed E-state index contributed by atoms with van der Waals surface area (Å²) in [7, 11) is 0. The van der Waals surface area contributed by atoms with Crippen LogP contribution in [0, 0.1) is 0 Å². The molecule has 0 aliphatic rings. The largest absolute Gasteiger partial charge is 0.462 e. The van der Waals surface area contributed by atoms with Gasteiger partial charge >= 0.3 is 5.97 Å². The molecule has 0 atom stereocenters. The molecule has 1 heterocycles. The van der Waals surface area contributed by atoms with Crippen LogP contribution in [0.15, 0.2) is 61.4 Å². The highest BCUT2D eigenvalue weighted by atomic mass is 16.5. The van der Waals surface area contributed by atoms with E-state index in [0.717, 1.165) is 11.0 Å². The van der Waals surface area contributed by atoms with Crippen molar-refractivity contribution in [3.05, 3.63) is 67.0 Å². The van der Waals surface area contributed by atoms with Gasteiger partial charge in [0.1, 0.15) is 0 Å². The fraction of sp³-hybridized carbons (Fsp3) is 0.150. The van der Waals surface area contributed by atoms with Crippen molar-refractivity contribution in [2.75, 3.05) is 11.9 Å². The van der Waals surface area contributed by atoms with E-state index in [1.807, 2.05) is 39.7 Å². The van der Waals surface area contributed by atoms with Crippen LogP contribution in [0.2, 0.25) is 0 Å². The highest BCUT2D eigenvalue weighted by Gasteiger charge is 2.16. The number of nitrogens with zero attached hydrogens (tertiary/aromatic N) is 2. The number of nitrogens with one attached hydrogen (secondary N) is 1. The van der Waals surface area contributed by atoms with Gasteiger partial charge in [0.2, 0.25) is 6.33 Å². The molecule has 0 saturated heterocycles. The maximum absolute atomic E-state index is 12.4. The Morgan fingerprint density at radius 3 is 2.62 bits per heavy atom. The van der Waals surface area contributed by atoms with E-state index < -0.39 is 0 Å². The van der Waals surface area contributed by atoms with E-state index in [-0.39, 0.29) is 18.4 Å². The van der Waals surface area contributed by atoms with Gasteiger partial charge in [-0.05, 0) is 43.3 Å². The van der Waals surface area contributed by atoms with Crippen molar-refractivity contribution >= 4 is 34.8 Å². The van der Waals surface area contributed by atoms with E-state index >= 15 is 0 Å². The molecule has 2 aromatic carbocycles. The van der Waals surface area contributed by atoms with E-state index in [1.165, 1.54) is 0 Å². The molecule has 0 bridgehead atoms. The molecule has 6 nitrogen and oxygen atoms in total. The van der Waals surface area contributed by atoms with E-state index in [1.54, 1.807) is 37.4 Å². The number of carbonyl (C=O) groups is 2. The van der Waals surface area contributed by atoms with Crippen LogP contribution in [-0.2, 0) is 16.1 Å². The second-order valence-corrected chi connectivity index (χ2v) is 5.67. The van der Waals surface area contributed by atoms with E-state index in [0.29, 0.717) is 17.9 Å². The molecule has 0 saturated carbocycles. The number of hydrogen-bond donors (Lipinski definition) is 1. The first kappa shape index (κ1) is 17.4. The number of para-hydroxylation sites is 2. The number of ether oxygens (including phenoxy) is 1. The molecule has 0 fully saturated rings. The molecule has 1 N–H and O–H groups in total. The van der Waals surface area contributed by atoms with Gasteiger partial charge in [-0.2, -0.15) is 0 Å². The van der Waals surface area contributed by atoms with Crippen LogP contribution in [0.3, 0.4) is 0 Å². The predicted octanol–water partition coefficient (Wildman–Crippen LogP) is 2.84. The number of benzene rings is 2. The van der Waals surface area contributed by atoms with Gasteiger partial charge in [-0.3, -0.25) is 4.79 Å². The summed E-state index contributed by atoms with van der Waals surface area (Å²) in [5, 5.41) is 2.83. The summed E-state index contributed by atoms with van der Waals surface area (Å²) in [4.78, 5) is 24.0. The summed E-state index contributed by atoms with van der Waals surface area (Å²) in [5.41, 5.74) is 3.00. The SMILES string of the molecule is C=Cn1c[n+](CC(=O)Nc2ccc(C(=O)OCC)cc2)c2ccccc21. The summed E-state index contributed by atoms with van der Waals surface area (Å²) in [5.74, 6) is -0.538. The lowest BCUT2D eigenvalue weighted by atomic mass is 10.2. The van der Waals surface area contributed by atoms with Crippen molar-refractivity contribution in [2.24, 2.45) is 0 Å². The van der Waals surface area contributed by atoms with Crippen molar-refractivity contribution in [1.29, 1.82) is 0 Å². The molecule has 6 heteroatoms.